The minimum Gasteiger partial charge on any atom is -0.481 e. The van der Waals surface area contributed by atoms with Crippen LogP contribution in [0.5, 0.6) is 0 Å². The molecule has 4 rings (SSSR count). The number of carbonyl (C=O) groups is 1. The van der Waals surface area contributed by atoms with Gasteiger partial charge in [0.1, 0.15) is 4.21 Å². The van der Waals surface area contributed by atoms with Gasteiger partial charge in [-0.2, -0.15) is 0 Å². The van der Waals surface area contributed by atoms with E-state index in [2.05, 4.69) is 9.29 Å². The van der Waals surface area contributed by atoms with Crippen molar-refractivity contribution >= 4 is 49.8 Å². The van der Waals surface area contributed by atoms with E-state index in [0.29, 0.717) is 30.1 Å². The third-order valence-electron chi connectivity index (χ3n) is 5.06. The third-order valence-corrected chi connectivity index (χ3v) is 8.30. The van der Waals surface area contributed by atoms with Crippen molar-refractivity contribution in [2.24, 2.45) is 0 Å². The first-order valence-electron chi connectivity index (χ1n) is 8.93. The fourth-order valence-corrected chi connectivity index (χ4v) is 6.65. The first-order chi connectivity index (χ1) is 13.3. The minimum absolute atomic E-state index is 0.0559. The lowest BCUT2D eigenvalue weighted by Gasteiger charge is -2.24. The van der Waals surface area contributed by atoms with Gasteiger partial charge in [0.25, 0.3) is 0 Å². The number of thiophene rings is 1. The van der Waals surface area contributed by atoms with Crippen LogP contribution in [0.15, 0.2) is 40.6 Å². The lowest BCUT2D eigenvalue weighted by molar-refractivity contribution is -0.137. The predicted molar refractivity (Wildman–Crippen MR) is 110 cm³/mol. The fraction of sp³-hybridized carbons (Fsp3) is 0.316. The number of aryl methyl sites for hydroxylation is 1. The second kappa shape index (κ2) is 7.51. The molecule has 0 unspecified atom stereocenters. The Morgan fingerprint density at radius 2 is 2.07 bits per heavy atom. The van der Waals surface area contributed by atoms with E-state index in [1.807, 2.05) is 24.3 Å². The Hall–Kier alpha value is -1.87. The smallest absolute Gasteiger partial charge is 0.305 e. The maximum Gasteiger partial charge on any atom is 0.305 e. The van der Waals surface area contributed by atoms with Gasteiger partial charge in [0, 0.05) is 29.2 Å². The predicted octanol–water partition coefficient (Wildman–Crippen LogP) is 3.67. The standard InChI is InChI=1S/C19H19ClN2O4S2/c20-17-7-8-19(27-17)28(25,26)21-12-5-6-16-14(11-12)13-3-1-2-4-15(13)22(16)10-9-18(23)24/h1-4,7-8,12,21H,5-6,9-11H2,(H,23,24)/t12-/m1/s1. The number of benzene rings is 1. The van der Waals surface area contributed by atoms with Crippen LogP contribution in [0.3, 0.4) is 0 Å². The molecule has 0 aliphatic heterocycles. The van der Waals surface area contributed by atoms with Gasteiger partial charge in [-0.25, -0.2) is 13.1 Å². The van der Waals surface area contributed by atoms with Gasteiger partial charge in [-0.15, -0.1) is 11.3 Å². The Kier molecular flexibility index (Phi) is 5.22. The third kappa shape index (κ3) is 3.69. The number of hydrogen-bond donors (Lipinski definition) is 2. The molecule has 28 heavy (non-hydrogen) atoms. The van der Waals surface area contributed by atoms with Crippen LogP contribution in [0.25, 0.3) is 10.9 Å². The van der Waals surface area contributed by atoms with Crippen molar-refractivity contribution in [1.82, 2.24) is 9.29 Å². The van der Waals surface area contributed by atoms with Crippen LogP contribution in [0.2, 0.25) is 4.34 Å². The molecule has 2 aromatic heterocycles. The van der Waals surface area contributed by atoms with E-state index < -0.39 is 16.0 Å². The van der Waals surface area contributed by atoms with Crippen molar-refractivity contribution in [3.63, 3.8) is 0 Å². The van der Waals surface area contributed by atoms with Crippen molar-refractivity contribution in [2.45, 2.75) is 42.5 Å². The van der Waals surface area contributed by atoms with Crippen molar-refractivity contribution < 1.29 is 18.3 Å². The van der Waals surface area contributed by atoms with Gasteiger partial charge in [-0.1, -0.05) is 29.8 Å². The van der Waals surface area contributed by atoms with E-state index in [-0.39, 0.29) is 16.7 Å². The topological polar surface area (TPSA) is 88.4 Å². The van der Waals surface area contributed by atoms with Gasteiger partial charge in [-0.3, -0.25) is 4.79 Å². The molecule has 1 aliphatic rings. The highest BCUT2D eigenvalue weighted by Gasteiger charge is 2.29. The molecule has 148 valence electrons. The monoisotopic (exact) mass is 438 g/mol. The zero-order valence-corrected chi connectivity index (χ0v) is 17.3. The molecule has 3 aromatic rings. The molecule has 2 N–H and O–H groups in total. The maximum atomic E-state index is 12.6. The summed E-state index contributed by atoms with van der Waals surface area (Å²) in [5.74, 6) is -0.831. The highest BCUT2D eigenvalue weighted by Crippen LogP contribution is 2.33. The number of nitrogens with zero attached hydrogens (tertiary/aromatic N) is 1. The number of rotatable bonds is 6. The van der Waals surface area contributed by atoms with Crippen LogP contribution in [0, 0.1) is 0 Å². The summed E-state index contributed by atoms with van der Waals surface area (Å²) in [5, 5.41) is 10.1. The largest absolute Gasteiger partial charge is 0.481 e. The number of para-hydroxylation sites is 1. The number of halogens is 1. The van der Waals surface area contributed by atoms with E-state index in [1.165, 1.54) is 6.07 Å². The van der Waals surface area contributed by atoms with Gasteiger partial charge in [0.2, 0.25) is 10.0 Å². The van der Waals surface area contributed by atoms with Gasteiger partial charge in [-0.05, 0) is 43.0 Å². The summed E-state index contributed by atoms with van der Waals surface area (Å²) in [5.41, 5.74) is 3.21. The number of nitrogens with one attached hydrogen (secondary N) is 1. The summed E-state index contributed by atoms with van der Waals surface area (Å²) in [6.45, 7) is 0.412. The van der Waals surface area contributed by atoms with E-state index >= 15 is 0 Å². The quantitative estimate of drug-likeness (QED) is 0.614. The Morgan fingerprint density at radius 3 is 2.79 bits per heavy atom. The Labute approximate surface area is 171 Å². The molecule has 2 heterocycles. The van der Waals surface area contributed by atoms with Crippen LogP contribution in [-0.4, -0.2) is 30.1 Å². The van der Waals surface area contributed by atoms with Gasteiger partial charge in [0.05, 0.1) is 10.8 Å². The molecule has 0 bridgehead atoms. The van der Waals surface area contributed by atoms with Crippen molar-refractivity contribution in [2.75, 3.05) is 0 Å². The zero-order chi connectivity index (χ0) is 19.9. The first kappa shape index (κ1) is 19.4. The molecule has 1 atom stereocenters. The second-order valence-corrected chi connectivity index (χ2v) is 10.5. The summed E-state index contributed by atoms with van der Waals surface area (Å²) < 4.78 is 30.8. The molecular weight excluding hydrogens is 420 g/mol. The summed E-state index contributed by atoms with van der Waals surface area (Å²) >= 11 is 6.92. The number of carboxylic acid groups (broad SMARTS) is 1. The fourth-order valence-electron chi connectivity index (χ4n) is 3.88. The molecule has 0 radical (unpaired) electrons. The minimum atomic E-state index is -3.61. The Bertz CT molecular complexity index is 1150. The number of carboxylic acids is 1. The summed E-state index contributed by atoms with van der Waals surface area (Å²) in [7, 11) is -3.61. The normalized spacial score (nSPS) is 17.0. The zero-order valence-electron chi connectivity index (χ0n) is 14.9. The molecule has 0 spiro atoms. The van der Waals surface area contributed by atoms with E-state index in [0.717, 1.165) is 33.5 Å². The molecule has 9 heteroatoms. The SMILES string of the molecule is O=C(O)CCn1c2c(c3ccccc31)C[C@H](NS(=O)(=O)c1ccc(Cl)s1)CC2. The molecular formula is C19H19ClN2O4S2. The number of sulfonamides is 1. The van der Waals surface area contributed by atoms with E-state index in [9.17, 15) is 13.2 Å². The Morgan fingerprint density at radius 1 is 1.29 bits per heavy atom. The molecule has 0 saturated carbocycles. The van der Waals surface area contributed by atoms with Gasteiger partial charge in [0.15, 0.2) is 0 Å². The Balaban J connectivity index is 1.63. The van der Waals surface area contributed by atoms with Crippen LogP contribution in [-0.2, 0) is 34.2 Å². The number of aliphatic carboxylic acids is 1. The molecule has 1 aromatic carbocycles. The van der Waals surface area contributed by atoms with Gasteiger partial charge < -0.3 is 9.67 Å². The molecule has 0 amide bonds. The summed E-state index contributed by atoms with van der Waals surface area (Å²) in [6, 6.07) is 10.8. The van der Waals surface area contributed by atoms with Crippen molar-refractivity contribution in [3.05, 3.63) is 52.0 Å². The molecule has 0 saturated heterocycles. The first-order valence-corrected chi connectivity index (χ1v) is 11.6. The number of aromatic nitrogens is 1. The number of hydrogen-bond acceptors (Lipinski definition) is 4. The molecule has 1 aliphatic carbocycles. The lowest BCUT2D eigenvalue weighted by atomic mass is 9.92. The van der Waals surface area contributed by atoms with Crippen LogP contribution in [0.4, 0.5) is 0 Å². The van der Waals surface area contributed by atoms with E-state index in [1.54, 1.807) is 6.07 Å². The van der Waals surface area contributed by atoms with E-state index in [4.69, 9.17) is 16.7 Å². The van der Waals surface area contributed by atoms with Gasteiger partial charge >= 0.3 is 5.97 Å². The maximum absolute atomic E-state index is 12.6. The lowest BCUT2D eigenvalue weighted by Crippen LogP contribution is -2.38. The molecule has 0 fully saturated rings. The van der Waals surface area contributed by atoms with Crippen molar-refractivity contribution in [3.8, 4) is 0 Å². The van der Waals surface area contributed by atoms with Crippen LogP contribution >= 0.6 is 22.9 Å². The average Bonchev–Trinajstić information content (AvgIpc) is 3.22. The second-order valence-electron chi connectivity index (χ2n) is 6.86. The average molecular weight is 439 g/mol. The van der Waals surface area contributed by atoms with Crippen LogP contribution < -0.4 is 4.72 Å². The van der Waals surface area contributed by atoms with Crippen LogP contribution in [0.1, 0.15) is 24.1 Å². The summed E-state index contributed by atoms with van der Waals surface area (Å²) in [4.78, 5) is 11.0. The summed E-state index contributed by atoms with van der Waals surface area (Å²) in [6.07, 6.45) is 1.99. The van der Waals surface area contributed by atoms with Crippen molar-refractivity contribution in [1.29, 1.82) is 0 Å². The number of fused-ring (bicyclic) bond motifs is 3. The highest BCUT2D eigenvalue weighted by atomic mass is 35.5. The highest BCUT2D eigenvalue weighted by molar-refractivity contribution is 7.91. The molecule has 6 nitrogen and oxygen atoms in total.